The zero-order valence-corrected chi connectivity index (χ0v) is 31.5. The summed E-state index contributed by atoms with van der Waals surface area (Å²) in [5.74, 6) is 1.41. The number of aliphatic carboxylic acids is 1. The van der Waals surface area contributed by atoms with Gasteiger partial charge in [0.25, 0.3) is 0 Å². The minimum absolute atomic E-state index is 0.0670. The van der Waals surface area contributed by atoms with Crippen molar-refractivity contribution in [1.29, 1.82) is 0 Å². The summed E-state index contributed by atoms with van der Waals surface area (Å²) in [7, 11) is 0. The smallest absolute Gasteiger partial charge is 0.307 e. The van der Waals surface area contributed by atoms with Crippen LogP contribution in [0.2, 0.25) is 0 Å². The molecular formula is C40H64N4O4. The lowest BCUT2D eigenvalue weighted by molar-refractivity contribution is -0.252. The summed E-state index contributed by atoms with van der Waals surface area (Å²) in [6, 6.07) is -0.0670. The lowest BCUT2D eigenvalue weighted by Crippen LogP contribution is -2.69. The third-order valence-corrected chi connectivity index (χ3v) is 16.1. The highest BCUT2D eigenvalue weighted by atomic mass is 16.5. The fourth-order valence-electron chi connectivity index (χ4n) is 12.2. The molecule has 1 saturated heterocycles. The zero-order chi connectivity index (χ0) is 35.2. The first-order chi connectivity index (χ1) is 22.3. The molecule has 48 heavy (non-hydrogen) atoms. The standard InChI is InChI=1S/C40H64N4O4/c1-12-31-42-23-43-44(31)29-19-40-22-47-20-36(8,33(29)48-21-39(11,41)25(4)5)30(40)14-13-27-28(40)15-16-38(10)32(34(45)46)35(7,26(6)24(2)3)17-18-37(27,38)9/h12,15,23-27,29-30,32-33H,1,13-14,16-22,41H2,2-11H3,(H,45,46)/t26-,27+,29-,30+,32-,33+,35-,36?,37-,38+,39+,40+/m1/s1. The second kappa shape index (κ2) is 11.8. The molecule has 1 unspecified atom stereocenters. The average Bonchev–Trinajstić information content (AvgIpc) is 3.49. The van der Waals surface area contributed by atoms with Crippen molar-refractivity contribution in [1.82, 2.24) is 14.8 Å². The van der Waals surface area contributed by atoms with Crippen LogP contribution in [0.3, 0.4) is 0 Å². The molecule has 0 aromatic carbocycles. The van der Waals surface area contributed by atoms with Crippen LogP contribution in [-0.4, -0.2) is 57.3 Å². The number of fused-ring (bicyclic) bond motifs is 3. The quantitative estimate of drug-likeness (QED) is 0.259. The highest BCUT2D eigenvalue weighted by Gasteiger charge is 2.72. The molecule has 1 aromatic rings. The zero-order valence-electron chi connectivity index (χ0n) is 31.5. The van der Waals surface area contributed by atoms with Crippen LogP contribution >= 0.6 is 0 Å². The van der Waals surface area contributed by atoms with Crippen LogP contribution in [0.5, 0.6) is 0 Å². The Kier molecular flexibility index (Phi) is 8.77. The van der Waals surface area contributed by atoms with E-state index in [0.717, 1.165) is 44.3 Å². The van der Waals surface area contributed by atoms with Crippen LogP contribution in [0, 0.1) is 62.6 Å². The SMILES string of the molecule is C=Cc1ncnn1[C@@H]1C[C@@]23COCC(C)([C@H]1OC[C@](C)(N)C(C)C)[C@@H]2CC[C@H]1C3=CC[C@@]2(C)[C@H](C(=O)O)[C@@](C)([C@H](C)C(C)C)CC[C@]12C. The molecule has 268 valence electrons. The van der Waals surface area contributed by atoms with Gasteiger partial charge in [0.2, 0.25) is 0 Å². The number of aromatic nitrogens is 3. The Labute approximate surface area is 289 Å². The average molecular weight is 665 g/mol. The Morgan fingerprint density at radius 3 is 2.50 bits per heavy atom. The van der Waals surface area contributed by atoms with E-state index in [4.69, 9.17) is 20.3 Å². The molecule has 8 nitrogen and oxygen atoms in total. The molecule has 12 atom stereocenters. The molecule has 6 rings (SSSR count). The number of nitrogens with two attached hydrogens (primary N) is 1. The van der Waals surface area contributed by atoms with E-state index in [0.29, 0.717) is 43.5 Å². The van der Waals surface area contributed by atoms with Crippen LogP contribution in [-0.2, 0) is 14.3 Å². The first-order valence-corrected chi connectivity index (χ1v) is 18.8. The fraction of sp³-hybridized carbons (Fsp3) is 0.825. The molecular weight excluding hydrogens is 600 g/mol. The van der Waals surface area contributed by atoms with E-state index >= 15 is 0 Å². The van der Waals surface area contributed by atoms with Crippen molar-refractivity contribution in [2.75, 3.05) is 19.8 Å². The van der Waals surface area contributed by atoms with Gasteiger partial charge < -0.3 is 20.3 Å². The molecule has 1 aliphatic heterocycles. The summed E-state index contributed by atoms with van der Waals surface area (Å²) in [6.07, 6.45) is 11.5. The molecule has 8 heteroatoms. The van der Waals surface area contributed by atoms with Gasteiger partial charge in [0.1, 0.15) is 12.2 Å². The summed E-state index contributed by atoms with van der Waals surface area (Å²) < 4.78 is 15.8. The number of hydrogen-bond acceptors (Lipinski definition) is 6. The van der Waals surface area contributed by atoms with E-state index < -0.39 is 17.4 Å². The second-order valence-electron chi connectivity index (χ2n) is 18.8. The van der Waals surface area contributed by atoms with E-state index in [2.05, 4.69) is 91.6 Å². The molecule has 4 fully saturated rings. The van der Waals surface area contributed by atoms with Gasteiger partial charge in [-0.15, -0.1) is 0 Å². The second-order valence-corrected chi connectivity index (χ2v) is 18.8. The Bertz CT molecular complexity index is 1450. The van der Waals surface area contributed by atoms with Crippen molar-refractivity contribution in [3.05, 3.63) is 30.4 Å². The highest BCUT2D eigenvalue weighted by Crippen LogP contribution is 2.75. The van der Waals surface area contributed by atoms with E-state index in [1.807, 2.05) is 0 Å². The molecule has 0 amide bonds. The number of carboxylic acids is 1. The van der Waals surface area contributed by atoms with Gasteiger partial charge in [-0.1, -0.05) is 80.5 Å². The van der Waals surface area contributed by atoms with Gasteiger partial charge in [0.05, 0.1) is 37.9 Å². The van der Waals surface area contributed by atoms with E-state index in [1.165, 1.54) is 5.57 Å². The maximum atomic E-state index is 13.5. The van der Waals surface area contributed by atoms with Crippen LogP contribution < -0.4 is 5.73 Å². The van der Waals surface area contributed by atoms with Gasteiger partial charge in [0, 0.05) is 16.4 Å². The van der Waals surface area contributed by atoms with E-state index in [-0.39, 0.29) is 45.1 Å². The van der Waals surface area contributed by atoms with Crippen molar-refractivity contribution in [3.63, 3.8) is 0 Å². The van der Waals surface area contributed by atoms with Crippen molar-refractivity contribution in [2.24, 2.45) is 68.3 Å². The molecule has 0 radical (unpaired) electrons. The van der Waals surface area contributed by atoms with Crippen LogP contribution in [0.1, 0.15) is 120 Å². The Morgan fingerprint density at radius 1 is 1.17 bits per heavy atom. The van der Waals surface area contributed by atoms with Crippen molar-refractivity contribution in [2.45, 2.75) is 125 Å². The maximum Gasteiger partial charge on any atom is 0.307 e. The van der Waals surface area contributed by atoms with Crippen LogP contribution in [0.15, 0.2) is 24.6 Å². The predicted molar refractivity (Wildman–Crippen MR) is 190 cm³/mol. The Balaban J connectivity index is 1.46. The number of nitrogens with zero attached hydrogens (tertiary/aromatic N) is 3. The minimum atomic E-state index is -0.621. The first kappa shape index (κ1) is 35.8. The number of rotatable bonds is 9. The molecule has 3 saturated carbocycles. The first-order valence-electron chi connectivity index (χ1n) is 18.8. The molecule has 5 aliphatic rings. The number of carboxylic acid groups (broad SMARTS) is 1. The topological polar surface area (TPSA) is 112 Å². The van der Waals surface area contributed by atoms with Gasteiger partial charge in [-0.3, -0.25) is 4.79 Å². The third-order valence-electron chi connectivity index (χ3n) is 16.1. The van der Waals surface area contributed by atoms with Crippen molar-refractivity contribution in [3.8, 4) is 0 Å². The molecule has 0 spiro atoms. The maximum absolute atomic E-state index is 13.5. The van der Waals surface area contributed by atoms with Crippen molar-refractivity contribution >= 4 is 12.0 Å². The fourth-order valence-corrected chi connectivity index (χ4v) is 12.2. The third kappa shape index (κ3) is 4.81. The summed E-state index contributed by atoms with van der Waals surface area (Å²) in [5, 5.41) is 15.9. The largest absolute Gasteiger partial charge is 0.481 e. The van der Waals surface area contributed by atoms with Gasteiger partial charge in [-0.05, 0) is 97.4 Å². The lowest BCUT2D eigenvalue weighted by Gasteiger charge is -2.71. The minimum Gasteiger partial charge on any atom is -0.481 e. The molecule has 2 bridgehead atoms. The number of allylic oxidation sites excluding steroid dienone is 1. The van der Waals surface area contributed by atoms with Gasteiger partial charge in [0.15, 0.2) is 0 Å². The van der Waals surface area contributed by atoms with Crippen molar-refractivity contribution < 1.29 is 19.4 Å². The van der Waals surface area contributed by atoms with Gasteiger partial charge >= 0.3 is 5.97 Å². The van der Waals surface area contributed by atoms with Gasteiger partial charge in [-0.25, -0.2) is 9.67 Å². The summed E-state index contributed by atoms with van der Waals surface area (Å²) >= 11 is 0. The number of carbonyl (C=O) groups is 1. The monoisotopic (exact) mass is 664 g/mol. The molecule has 1 aromatic heterocycles. The van der Waals surface area contributed by atoms with E-state index in [9.17, 15) is 9.90 Å². The molecule has 2 heterocycles. The van der Waals surface area contributed by atoms with Gasteiger partial charge in [-0.2, -0.15) is 5.10 Å². The van der Waals surface area contributed by atoms with E-state index in [1.54, 1.807) is 12.4 Å². The highest BCUT2D eigenvalue weighted by molar-refractivity contribution is 5.73. The normalized spacial score (nSPS) is 44.2. The number of ether oxygens (including phenoxy) is 2. The Hall–Kier alpha value is -2.03. The molecule has 3 N–H and O–H groups in total. The molecule has 4 aliphatic carbocycles. The summed E-state index contributed by atoms with van der Waals surface area (Å²) in [4.78, 5) is 18.0. The Morgan fingerprint density at radius 2 is 1.88 bits per heavy atom. The summed E-state index contributed by atoms with van der Waals surface area (Å²) in [6.45, 7) is 28.5. The number of hydrogen-bond donors (Lipinski definition) is 2. The predicted octanol–water partition coefficient (Wildman–Crippen LogP) is 7.81. The summed E-state index contributed by atoms with van der Waals surface area (Å²) in [5.41, 5.74) is 6.64. The van der Waals surface area contributed by atoms with Crippen LogP contribution in [0.25, 0.3) is 6.08 Å². The lowest BCUT2D eigenvalue weighted by atomic mass is 9.34. The van der Waals surface area contributed by atoms with Crippen LogP contribution in [0.4, 0.5) is 0 Å².